The standard InChI is InChI=1S/C8H11NO2S/c1-6(5-9(10)11)8-4-3-7(2)12-8/h3-4,6H,5H2,1-2H3/t6-/m0/s1. The molecule has 1 aromatic heterocycles. The van der Waals surface area contributed by atoms with E-state index in [1.54, 1.807) is 11.3 Å². The van der Waals surface area contributed by atoms with Crippen LogP contribution in [-0.4, -0.2) is 11.5 Å². The van der Waals surface area contributed by atoms with Crippen LogP contribution in [0.2, 0.25) is 0 Å². The summed E-state index contributed by atoms with van der Waals surface area (Å²) < 4.78 is 0. The summed E-state index contributed by atoms with van der Waals surface area (Å²) >= 11 is 1.63. The zero-order chi connectivity index (χ0) is 9.14. The van der Waals surface area contributed by atoms with Crippen molar-refractivity contribution in [3.63, 3.8) is 0 Å². The van der Waals surface area contributed by atoms with Crippen LogP contribution in [0.15, 0.2) is 12.1 Å². The second-order valence-corrected chi connectivity index (χ2v) is 4.18. The minimum atomic E-state index is -0.264. The second-order valence-electron chi connectivity index (χ2n) is 2.86. The maximum Gasteiger partial charge on any atom is 0.211 e. The van der Waals surface area contributed by atoms with E-state index in [9.17, 15) is 10.1 Å². The van der Waals surface area contributed by atoms with Crippen LogP contribution in [0.1, 0.15) is 22.6 Å². The predicted molar refractivity (Wildman–Crippen MR) is 49.3 cm³/mol. The Kier molecular flexibility index (Phi) is 2.81. The molecule has 0 radical (unpaired) electrons. The third-order valence-corrected chi connectivity index (χ3v) is 2.90. The molecular formula is C8H11NO2S. The molecule has 0 aliphatic carbocycles. The summed E-state index contributed by atoms with van der Waals surface area (Å²) in [6.07, 6.45) is 0. The van der Waals surface area contributed by atoms with Crippen molar-refractivity contribution in [3.05, 3.63) is 32.0 Å². The van der Waals surface area contributed by atoms with Crippen molar-refractivity contribution in [3.8, 4) is 0 Å². The van der Waals surface area contributed by atoms with Gasteiger partial charge in [-0.1, -0.05) is 6.92 Å². The van der Waals surface area contributed by atoms with Crippen LogP contribution in [0.5, 0.6) is 0 Å². The lowest BCUT2D eigenvalue weighted by Gasteiger charge is -2.01. The van der Waals surface area contributed by atoms with Crippen LogP contribution in [0.4, 0.5) is 0 Å². The van der Waals surface area contributed by atoms with E-state index in [1.165, 1.54) is 4.88 Å². The fraction of sp³-hybridized carbons (Fsp3) is 0.500. The van der Waals surface area contributed by atoms with Crippen LogP contribution < -0.4 is 0 Å². The van der Waals surface area contributed by atoms with Crippen molar-refractivity contribution >= 4 is 11.3 Å². The van der Waals surface area contributed by atoms with Crippen LogP contribution >= 0.6 is 11.3 Å². The highest BCUT2D eigenvalue weighted by atomic mass is 32.1. The molecule has 0 saturated carbocycles. The lowest BCUT2D eigenvalue weighted by molar-refractivity contribution is -0.482. The third kappa shape index (κ3) is 2.30. The smallest absolute Gasteiger partial charge is 0.211 e. The molecule has 3 nitrogen and oxygen atoms in total. The van der Waals surface area contributed by atoms with Crippen molar-refractivity contribution in [2.75, 3.05) is 6.54 Å². The predicted octanol–water partition coefficient (Wildman–Crippen LogP) is 2.44. The molecule has 0 unspecified atom stereocenters. The summed E-state index contributed by atoms with van der Waals surface area (Å²) in [6.45, 7) is 3.92. The molecule has 4 heteroatoms. The SMILES string of the molecule is Cc1ccc([C@@H](C)C[N+](=O)[O-])s1. The highest BCUT2D eigenvalue weighted by Gasteiger charge is 2.13. The molecule has 1 rings (SSSR count). The van der Waals surface area contributed by atoms with E-state index in [2.05, 4.69) is 0 Å². The van der Waals surface area contributed by atoms with Crippen LogP contribution in [-0.2, 0) is 0 Å². The second kappa shape index (κ2) is 3.67. The molecule has 1 aromatic rings. The van der Waals surface area contributed by atoms with Gasteiger partial charge < -0.3 is 0 Å². The van der Waals surface area contributed by atoms with Crippen LogP contribution in [0.3, 0.4) is 0 Å². The quantitative estimate of drug-likeness (QED) is 0.536. The summed E-state index contributed by atoms with van der Waals surface area (Å²) in [5.74, 6) is 0.0405. The molecule has 1 heterocycles. The molecule has 0 fully saturated rings. The Morgan fingerprint density at radius 2 is 2.33 bits per heavy atom. The third-order valence-electron chi connectivity index (χ3n) is 1.67. The molecule has 0 amide bonds. The number of rotatable bonds is 3. The highest BCUT2D eigenvalue weighted by molar-refractivity contribution is 7.12. The molecule has 0 N–H and O–H groups in total. The summed E-state index contributed by atoms with van der Waals surface area (Å²) in [7, 11) is 0. The molecule has 0 aromatic carbocycles. The number of nitrogens with zero attached hydrogens (tertiary/aromatic N) is 1. The van der Waals surface area contributed by atoms with Gasteiger partial charge in [0.15, 0.2) is 0 Å². The van der Waals surface area contributed by atoms with Crippen molar-refractivity contribution < 1.29 is 4.92 Å². The molecule has 1 atom stereocenters. The maximum absolute atomic E-state index is 10.2. The Hall–Kier alpha value is -0.900. The van der Waals surface area contributed by atoms with Crippen molar-refractivity contribution in [1.82, 2.24) is 0 Å². The van der Waals surface area contributed by atoms with Gasteiger partial charge in [-0.2, -0.15) is 0 Å². The highest BCUT2D eigenvalue weighted by Crippen LogP contribution is 2.23. The van der Waals surface area contributed by atoms with Gasteiger partial charge in [0, 0.05) is 14.7 Å². The monoisotopic (exact) mass is 185 g/mol. The molecule has 0 aliphatic rings. The van der Waals surface area contributed by atoms with E-state index < -0.39 is 0 Å². The van der Waals surface area contributed by atoms with E-state index >= 15 is 0 Å². The number of hydrogen-bond donors (Lipinski definition) is 0. The first-order valence-electron chi connectivity index (χ1n) is 3.77. The lowest BCUT2D eigenvalue weighted by Crippen LogP contribution is -2.07. The van der Waals surface area contributed by atoms with Gasteiger partial charge in [0.2, 0.25) is 6.54 Å². The summed E-state index contributed by atoms with van der Waals surface area (Å²) in [5.41, 5.74) is 0. The molecule has 0 bridgehead atoms. The fourth-order valence-corrected chi connectivity index (χ4v) is 1.95. The van der Waals surface area contributed by atoms with Crippen molar-refractivity contribution in [1.29, 1.82) is 0 Å². The first-order chi connectivity index (χ1) is 5.59. The fourth-order valence-electron chi connectivity index (χ4n) is 1.03. The molecule has 66 valence electrons. The maximum atomic E-state index is 10.2. The van der Waals surface area contributed by atoms with Gasteiger partial charge >= 0.3 is 0 Å². The van der Waals surface area contributed by atoms with Gasteiger partial charge in [-0.3, -0.25) is 10.1 Å². The Balaban J connectivity index is 2.64. The first kappa shape index (κ1) is 9.19. The Bertz CT molecular complexity index is 282. The zero-order valence-electron chi connectivity index (χ0n) is 7.11. The van der Waals surface area contributed by atoms with E-state index in [1.807, 2.05) is 26.0 Å². The largest absolute Gasteiger partial charge is 0.265 e. The average molecular weight is 185 g/mol. The minimum absolute atomic E-state index is 0.0277. The topological polar surface area (TPSA) is 43.1 Å². The van der Waals surface area contributed by atoms with Gasteiger partial charge in [-0.25, -0.2) is 0 Å². The minimum Gasteiger partial charge on any atom is -0.265 e. The van der Waals surface area contributed by atoms with Gasteiger partial charge in [-0.15, -0.1) is 11.3 Å². The Morgan fingerprint density at radius 1 is 1.67 bits per heavy atom. The summed E-state index contributed by atoms with van der Waals surface area (Å²) in [5, 5.41) is 10.2. The van der Waals surface area contributed by atoms with Gasteiger partial charge in [0.25, 0.3) is 0 Å². The Labute approximate surface area is 75.2 Å². The van der Waals surface area contributed by atoms with Gasteiger partial charge in [0.1, 0.15) is 0 Å². The zero-order valence-corrected chi connectivity index (χ0v) is 7.93. The van der Waals surface area contributed by atoms with Crippen molar-refractivity contribution in [2.45, 2.75) is 19.8 Å². The molecule has 0 spiro atoms. The number of thiophene rings is 1. The normalized spacial score (nSPS) is 12.8. The van der Waals surface area contributed by atoms with E-state index in [0.29, 0.717) is 0 Å². The Morgan fingerprint density at radius 3 is 2.75 bits per heavy atom. The summed E-state index contributed by atoms with van der Waals surface area (Å²) in [6, 6.07) is 3.96. The summed E-state index contributed by atoms with van der Waals surface area (Å²) in [4.78, 5) is 12.2. The molecule has 12 heavy (non-hydrogen) atoms. The first-order valence-corrected chi connectivity index (χ1v) is 4.59. The van der Waals surface area contributed by atoms with E-state index in [0.717, 1.165) is 4.88 Å². The van der Waals surface area contributed by atoms with Crippen LogP contribution in [0, 0.1) is 17.0 Å². The van der Waals surface area contributed by atoms with E-state index in [-0.39, 0.29) is 17.4 Å². The molecule has 0 aliphatic heterocycles. The van der Waals surface area contributed by atoms with Crippen molar-refractivity contribution in [2.24, 2.45) is 0 Å². The van der Waals surface area contributed by atoms with Gasteiger partial charge in [0.05, 0.1) is 5.92 Å². The molecular weight excluding hydrogens is 174 g/mol. The average Bonchev–Trinajstić information content (AvgIpc) is 2.34. The molecule has 0 saturated heterocycles. The lowest BCUT2D eigenvalue weighted by atomic mass is 10.1. The number of aryl methyl sites for hydroxylation is 1. The van der Waals surface area contributed by atoms with E-state index in [4.69, 9.17) is 0 Å². The van der Waals surface area contributed by atoms with Crippen LogP contribution in [0.25, 0.3) is 0 Å². The number of hydrogen-bond acceptors (Lipinski definition) is 3. The number of nitro groups is 1. The van der Waals surface area contributed by atoms with Gasteiger partial charge in [-0.05, 0) is 19.1 Å².